The topological polar surface area (TPSA) is 36.7 Å². The molecule has 1 aromatic heterocycles. The highest BCUT2D eigenvalue weighted by Gasteiger charge is 1.89. The highest BCUT2D eigenvalue weighted by molar-refractivity contribution is 5.18. The number of hydrogen-bond acceptors (Lipinski definition) is 2. The molecule has 0 spiro atoms. The second kappa shape index (κ2) is 5.36. The fourth-order valence-electron chi connectivity index (χ4n) is 0.442. The van der Waals surface area contributed by atoms with Crippen molar-refractivity contribution in [3.63, 3.8) is 0 Å². The zero-order valence-corrected chi connectivity index (χ0v) is 6.50. The van der Waals surface area contributed by atoms with E-state index in [0.29, 0.717) is 0 Å². The van der Waals surface area contributed by atoms with E-state index < -0.39 is 5.82 Å². The van der Waals surface area contributed by atoms with Gasteiger partial charge in [-0.3, -0.25) is 0 Å². The largest absolute Gasteiger partial charge is 0.243 e. The lowest BCUT2D eigenvalue weighted by molar-refractivity contribution is 0.621. The molecule has 0 amide bonds. The van der Waals surface area contributed by atoms with Crippen LogP contribution >= 0.6 is 0 Å². The first-order valence-corrected chi connectivity index (χ1v) is 3.34. The summed E-state index contributed by atoms with van der Waals surface area (Å²) in [6.07, 6.45) is 1.01. The number of pyridine rings is 1. The smallest absolute Gasteiger partial charge is 0.141 e. The summed E-state index contributed by atoms with van der Waals surface area (Å²) in [4.78, 5) is 3.46. The number of nitrogens with zero attached hydrogens (tertiary/aromatic N) is 2. The molecule has 11 heavy (non-hydrogen) atoms. The van der Waals surface area contributed by atoms with Crippen molar-refractivity contribution in [1.29, 1.82) is 5.26 Å². The minimum atomic E-state index is -0.422. The van der Waals surface area contributed by atoms with E-state index in [9.17, 15) is 4.39 Å². The lowest BCUT2D eigenvalue weighted by Gasteiger charge is -1.84. The predicted octanol–water partition coefficient (Wildman–Crippen LogP) is 2.12. The number of halogens is 1. The Hall–Kier alpha value is -1.43. The number of aromatic nitrogens is 1. The van der Waals surface area contributed by atoms with Gasteiger partial charge in [-0.15, -0.1) is 0 Å². The normalized spacial score (nSPS) is 7.45. The molecule has 0 aliphatic carbocycles. The van der Waals surface area contributed by atoms with Gasteiger partial charge in [0.05, 0.1) is 6.20 Å². The van der Waals surface area contributed by atoms with E-state index in [1.54, 1.807) is 6.07 Å². The van der Waals surface area contributed by atoms with Gasteiger partial charge in [0.1, 0.15) is 17.6 Å². The maximum atomic E-state index is 12.1. The van der Waals surface area contributed by atoms with Gasteiger partial charge in [-0.1, -0.05) is 13.8 Å². The third-order valence-electron chi connectivity index (χ3n) is 0.842. The summed E-state index contributed by atoms with van der Waals surface area (Å²) in [5.41, 5.74) is 0.233. The lowest BCUT2D eigenvalue weighted by atomic mass is 10.4. The Morgan fingerprint density at radius 1 is 1.45 bits per heavy atom. The molecule has 0 saturated carbocycles. The average Bonchev–Trinajstić information content (AvgIpc) is 2.10. The second-order valence-electron chi connectivity index (χ2n) is 1.47. The molecule has 0 radical (unpaired) electrons. The molecule has 1 rings (SSSR count). The van der Waals surface area contributed by atoms with Crippen molar-refractivity contribution in [2.24, 2.45) is 0 Å². The SMILES string of the molecule is CC.N#Cc1ccc(F)cn1. The van der Waals surface area contributed by atoms with Crippen LogP contribution in [0.4, 0.5) is 4.39 Å². The molecule has 2 nitrogen and oxygen atoms in total. The molecule has 1 aromatic rings. The number of nitriles is 1. The summed E-state index contributed by atoms with van der Waals surface area (Å²) in [5, 5.41) is 8.19. The summed E-state index contributed by atoms with van der Waals surface area (Å²) < 4.78 is 12.1. The van der Waals surface area contributed by atoms with Crippen LogP contribution in [-0.2, 0) is 0 Å². The molecule has 1 heterocycles. The van der Waals surface area contributed by atoms with Gasteiger partial charge in [0, 0.05) is 0 Å². The molecule has 0 atom stereocenters. The van der Waals surface area contributed by atoms with Crippen molar-refractivity contribution in [3.8, 4) is 6.07 Å². The third-order valence-corrected chi connectivity index (χ3v) is 0.842. The van der Waals surface area contributed by atoms with Gasteiger partial charge in [0.25, 0.3) is 0 Å². The zero-order chi connectivity index (χ0) is 8.69. The van der Waals surface area contributed by atoms with Gasteiger partial charge < -0.3 is 0 Å². The van der Waals surface area contributed by atoms with Crippen molar-refractivity contribution < 1.29 is 4.39 Å². The van der Waals surface area contributed by atoms with Crippen LogP contribution in [-0.4, -0.2) is 4.98 Å². The summed E-state index contributed by atoms with van der Waals surface area (Å²) in [5.74, 6) is -0.422. The van der Waals surface area contributed by atoms with Crippen LogP contribution in [0.3, 0.4) is 0 Å². The highest BCUT2D eigenvalue weighted by Crippen LogP contribution is 1.94. The lowest BCUT2D eigenvalue weighted by Crippen LogP contribution is -1.81. The number of hydrogen-bond donors (Lipinski definition) is 0. The molecule has 0 aliphatic rings. The van der Waals surface area contributed by atoms with Crippen LogP contribution < -0.4 is 0 Å². The fourth-order valence-corrected chi connectivity index (χ4v) is 0.442. The van der Waals surface area contributed by atoms with E-state index in [2.05, 4.69) is 4.98 Å². The maximum Gasteiger partial charge on any atom is 0.141 e. The molecule has 58 valence electrons. The maximum absolute atomic E-state index is 12.1. The second-order valence-corrected chi connectivity index (χ2v) is 1.47. The van der Waals surface area contributed by atoms with E-state index in [-0.39, 0.29) is 5.69 Å². The Morgan fingerprint density at radius 2 is 2.09 bits per heavy atom. The van der Waals surface area contributed by atoms with Gasteiger partial charge in [-0.05, 0) is 12.1 Å². The van der Waals surface area contributed by atoms with Crippen LogP contribution in [0.1, 0.15) is 19.5 Å². The highest BCUT2D eigenvalue weighted by atomic mass is 19.1. The standard InChI is InChI=1S/C6H3FN2.C2H6/c7-5-1-2-6(3-8)9-4-5;1-2/h1-2,4H;1-2H3. The summed E-state index contributed by atoms with van der Waals surface area (Å²) in [6, 6.07) is 4.31. The Labute approximate surface area is 65.3 Å². The third kappa shape index (κ3) is 3.31. The van der Waals surface area contributed by atoms with Crippen molar-refractivity contribution in [2.45, 2.75) is 13.8 Å². The van der Waals surface area contributed by atoms with Crippen molar-refractivity contribution in [1.82, 2.24) is 4.98 Å². The minimum absolute atomic E-state index is 0.233. The van der Waals surface area contributed by atoms with Gasteiger partial charge in [0.2, 0.25) is 0 Å². The summed E-state index contributed by atoms with van der Waals surface area (Å²) in [6.45, 7) is 4.00. The van der Waals surface area contributed by atoms with E-state index in [1.165, 1.54) is 12.1 Å². The average molecular weight is 152 g/mol. The monoisotopic (exact) mass is 152 g/mol. The molecule has 0 aliphatic heterocycles. The Bertz CT molecular complexity index is 235. The molecule has 0 unspecified atom stereocenters. The van der Waals surface area contributed by atoms with Gasteiger partial charge in [-0.2, -0.15) is 5.26 Å². The van der Waals surface area contributed by atoms with Gasteiger partial charge >= 0.3 is 0 Å². The molecule has 0 N–H and O–H groups in total. The fraction of sp³-hybridized carbons (Fsp3) is 0.250. The summed E-state index contributed by atoms with van der Waals surface area (Å²) in [7, 11) is 0. The Kier molecular flexibility index (Phi) is 4.67. The first kappa shape index (κ1) is 9.57. The minimum Gasteiger partial charge on any atom is -0.243 e. The van der Waals surface area contributed by atoms with E-state index >= 15 is 0 Å². The van der Waals surface area contributed by atoms with Crippen molar-refractivity contribution in [3.05, 3.63) is 29.8 Å². The van der Waals surface area contributed by atoms with Crippen LogP contribution in [0.15, 0.2) is 18.3 Å². The van der Waals surface area contributed by atoms with Crippen molar-refractivity contribution >= 4 is 0 Å². The first-order chi connectivity index (χ1) is 5.33. The molecule has 0 bridgehead atoms. The Balaban J connectivity index is 0.000000461. The molecule has 0 saturated heterocycles. The van der Waals surface area contributed by atoms with Crippen LogP contribution in [0.5, 0.6) is 0 Å². The quantitative estimate of drug-likeness (QED) is 0.571. The summed E-state index contributed by atoms with van der Waals surface area (Å²) >= 11 is 0. The van der Waals surface area contributed by atoms with E-state index in [4.69, 9.17) is 5.26 Å². The zero-order valence-electron chi connectivity index (χ0n) is 6.50. The molecule has 3 heteroatoms. The number of rotatable bonds is 0. The van der Waals surface area contributed by atoms with E-state index in [0.717, 1.165) is 6.20 Å². The van der Waals surface area contributed by atoms with Gasteiger partial charge in [-0.25, -0.2) is 9.37 Å². The van der Waals surface area contributed by atoms with Crippen molar-refractivity contribution in [2.75, 3.05) is 0 Å². The molecule has 0 aromatic carbocycles. The first-order valence-electron chi connectivity index (χ1n) is 3.34. The molecular weight excluding hydrogens is 143 g/mol. The van der Waals surface area contributed by atoms with Crippen LogP contribution in [0.25, 0.3) is 0 Å². The molecular formula is C8H9FN2. The van der Waals surface area contributed by atoms with Crippen LogP contribution in [0.2, 0.25) is 0 Å². The Morgan fingerprint density at radius 3 is 2.45 bits per heavy atom. The molecule has 0 fully saturated rings. The van der Waals surface area contributed by atoms with Gasteiger partial charge in [0.15, 0.2) is 0 Å². The predicted molar refractivity (Wildman–Crippen MR) is 40.3 cm³/mol. The van der Waals surface area contributed by atoms with E-state index in [1.807, 2.05) is 13.8 Å². The van der Waals surface area contributed by atoms with Crippen LogP contribution in [0, 0.1) is 17.1 Å².